The van der Waals surface area contributed by atoms with E-state index in [1.807, 2.05) is 6.08 Å². The van der Waals surface area contributed by atoms with Crippen LogP contribution in [0, 0.1) is 0 Å². The van der Waals surface area contributed by atoms with E-state index in [0.29, 0.717) is 6.42 Å². The molecule has 0 saturated heterocycles. The second kappa shape index (κ2) is 8.02. The number of rotatable bonds is 8. The van der Waals surface area contributed by atoms with Gasteiger partial charge < -0.3 is 10.4 Å². The van der Waals surface area contributed by atoms with Crippen LogP contribution >= 0.6 is 0 Å². The van der Waals surface area contributed by atoms with Crippen LogP contribution in [-0.4, -0.2) is 16.6 Å². The molecule has 1 aromatic carbocycles. The molecule has 1 aliphatic carbocycles. The Balaban J connectivity index is 1.94. The molecule has 1 fully saturated rings. The molecule has 1 aliphatic rings. The Kier molecular flexibility index (Phi) is 6.05. The molecule has 0 spiro atoms. The first-order chi connectivity index (χ1) is 10.6. The zero-order valence-electron chi connectivity index (χ0n) is 13.3. The third kappa shape index (κ3) is 4.90. The van der Waals surface area contributed by atoms with Gasteiger partial charge in [-0.2, -0.15) is 0 Å². The van der Waals surface area contributed by atoms with Gasteiger partial charge in [-0.1, -0.05) is 37.5 Å². The summed E-state index contributed by atoms with van der Waals surface area (Å²) >= 11 is 0. The predicted octanol–water partition coefficient (Wildman–Crippen LogP) is 4.78. The van der Waals surface area contributed by atoms with E-state index in [0.717, 1.165) is 18.5 Å². The summed E-state index contributed by atoms with van der Waals surface area (Å²) < 4.78 is 0. The van der Waals surface area contributed by atoms with Crippen LogP contribution in [0.25, 0.3) is 0 Å². The van der Waals surface area contributed by atoms with Gasteiger partial charge in [0.25, 0.3) is 0 Å². The van der Waals surface area contributed by atoms with Crippen molar-refractivity contribution in [2.24, 2.45) is 0 Å². The highest BCUT2D eigenvalue weighted by Crippen LogP contribution is 2.34. The standard InChI is InChI=1S/C19H27NO2/c1-2-13-19(14-4-3-5-15-19)20-17-11-9-16(10-12-17)7-6-8-18(21)22/h2,9-12,20H,1,3-8,13-15H2,(H,21,22). The Morgan fingerprint density at radius 1 is 1.23 bits per heavy atom. The first-order valence-electron chi connectivity index (χ1n) is 8.33. The molecule has 0 bridgehead atoms. The van der Waals surface area contributed by atoms with Gasteiger partial charge in [-0.25, -0.2) is 0 Å². The summed E-state index contributed by atoms with van der Waals surface area (Å²) in [6, 6.07) is 8.45. The Morgan fingerprint density at radius 2 is 1.91 bits per heavy atom. The van der Waals surface area contributed by atoms with Crippen molar-refractivity contribution >= 4 is 11.7 Å². The molecule has 2 rings (SSSR count). The van der Waals surface area contributed by atoms with E-state index in [1.54, 1.807) is 0 Å². The first-order valence-corrected chi connectivity index (χ1v) is 8.33. The number of hydrogen-bond acceptors (Lipinski definition) is 2. The molecule has 0 heterocycles. The Hall–Kier alpha value is -1.77. The van der Waals surface area contributed by atoms with Crippen molar-refractivity contribution in [1.29, 1.82) is 0 Å². The lowest BCUT2D eigenvalue weighted by Crippen LogP contribution is -2.39. The van der Waals surface area contributed by atoms with Gasteiger partial charge in [-0.05, 0) is 49.8 Å². The molecular weight excluding hydrogens is 274 g/mol. The number of carboxylic acid groups (broad SMARTS) is 1. The van der Waals surface area contributed by atoms with Gasteiger partial charge in [0.2, 0.25) is 0 Å². The largest absolute Gasteiger partial charge is 0.481 e. The monoisotopic (exact) mass is 301 g/mol. The van der Waals surface area contributed by atoms with Crippen molar-refractivity contribution in [2.45, 2.75) is 63.3 Å². The first kappa shape index (κ1) is 16.6. The van der Waals surface area contributed by atoms with Gasteiger partial charge in [0.15, 0.2) is 0 Å². The summed E-state index contributed by atoms with van der Waals surface area (Å²) in [5, 5.41) is 12.4. The van der Waals surface area contributed by atoms with Gasteiger partial charge in [-0.15, -0.1) is 6.58 Å². The zero-order chi connectivity index (χ0) is 15.8. The second-order valence-electron chi connectivity index (χ2n) is 6.40. The summed E-state index contributed by atoms with van der Waals surface area (Å²) in [5.41, 5.74) is 2.53. The van der Waals surface area contributed by atoms with E-state index in [-0.39, 0.29) is 12.0 Å². The third-order valence-electron chi connectivity index (χ3n) is 4.57. The molecule has 1 aromatic rings. The van der Waals surface area contributed by atoms with E-state index >= 15 is 0 Å². The third-order valence-corrected chi connectivity index (χ3v) is 4.57. The van der Waals surface area contributed by atoms with Crippen molar-refractivity contribution in [3.05, 3.63) is 42.5 Å². The summed E-state index contributed by atoms with van der Waals surface area (Å²) in [6.45, 7) is 3.92. The summed E-state index contributed by atoms with van der Waals surface area (Å²) in [5.74, 6) is -0.720. The van der Waals surface area contributed by atoms with Crippen molar-refractivity contribution in [2.75, 3.05) is 5.32 Å². The van der Waals surface area contributed by atoms with Crippen molar-refractivity contribution in [1.82, 2.24) is 0 Å². The molecule has 2 N–H and O–H groups in total. The Morgan fingerprint density at radius 3 is 2.50 bits per heavy atom. The summed E-state index contributed by atoms with van der Waals surface area (Å²) in [4.78, 5) is 10.5. The molecule has 120 valence electrons. The zero-order valence-corrected chi connectivity index (χ0v) is 13.3. The molecule has 3 heteroatoms. The Labute approximate surface area is 133 Å². The SMILES string of the molecule is C=CCC1(Nc2ccc(CCCC(=O)O)cc2)CCCCC1. The molecular formula is C19H27NO2. The van der Waals surface area contributed by atoms with E-state index in [1.165, 1.54) is 37.7 Å². The minimum Gasteiger partial charge on any atom is -0.481 e. The maximum atomic E-state index is 10.5. The fraction of sp³-hybridized carbons (Fsp3) is 0.526. The van der Waals surface area contributed by atoms with Crippen LogP contribution in [0.3, 0.4) is 0 Å². The lowest BCUT2D eigenvalue weighted by atomic mass is 9.79. The highest BCUT2D eigenvalue weighted by atomic mass is 16.4. The fourth-order valence-corrected chi connectivity index (χ4v) is 3.39. The Bertz CT molecular complexity index is 487. The molecule has 3 nitrogen and oxygen atoms in total. The topological polar surface area (TPSA) is 49.3 Å². The molecule has 0 radical (unpaired) electrons. The van der Waals surface area contributed by atoms with Gasteiger partial charge in [0, 0.05) is 17.6 Å². The lowest BCUT2D eigenvalue weighted by molar-refractivity contribution is -0.137. The maximum Gasteiger partial charge on any atom is 0.303 e. The van der Waals surface area contributed by atoms with Gasteiger partial charge in [-0.3, -0.25) is 4.79 Å². The van der Waals surface area contributed by atoms with Crippen molar-refractivity contribution in [3.8, 4) is 0 Å². The van der Waals surface area contributed by atoms with Crippen LogP contribution in [0.5, 0.6) is 0 Å². The number of benzene rings is 1. The van der Waals surface area contributed by atoms with Gasteiger partial charge in [0.1, 0.15) is 0 Å². The van der Waals surface area contributed by atoms with Crippen LogP contribution in [0.15, 0.2) is 36.9 Å². The average molecular weight is 301 g/mol. The highest BCUT2D eigenvalue weighted by Gasteiger charge is 2.30. The lowest BCUT2D eigenvalue weighted by Gasteiger charge is -2.38. The number of carboxylic acids is 1. The quantitative estimate of drug-likeness (QED) is 0.679. The van der Waals surface area contributed by atoms with E-state index in [2.05, 4.69) is 36.2 Å². The normalized spacial score (nSPS) is 16.9. The average Bonchev–Trinajstić information content (AvgIpc) is 2.50. The molecule has 1 saturated carbocycles. The van der Waals surface area contributed by atoms with Crippen LogP contribution < -0.4 is 5.32 Å². The van der Waals surface area contributed by atoms with Gasteiger partial charge >= 0.3 is 5.97 Å². The number of carbonyl (C=O) groups is 1. The molecule has 22 heavy (non-hydrogen) atoms. The maximum absolute atomic E-state index is 10.5. The van der Waals surface area contributed by atoms with Crippen LogP contribution in [-0.2, 0) is 11.2 Å². The summed E-state index contributed by atoms with van der Waals surface area (Å²) in [6.07, 6.45) is 11.1. The smallest absolute Gasteiger partial charge is 0.303 e. The molecule has 0 unspecified atom stereocenters. The predicted molar refractivity (Wildman–Crippen MR) is 91.3 cm³/mol. The minimum absolute atomic E-state index is 0.171. The van der Waals surface area contributed by atoms with E-state index < -0.39 is 5.97 Å². The summed E-state index contributed by atoms with van der Waals surface area (Å²) in [7, 11) is 0. The van der Waals surface area contributed by atoms with Crippen molar-refractivity contribution < 1.29 is 9.90 Å². The molecule has 0 amide bonds. The van der Waals surface area contributed by atoms with E-state index in [4.69, 9.17) is 5.11 Å². The van der Waals surface area contributed by atoms with Crippen LogP contribution in [0.2, 0.25) is 0 Å². The number of aryl methyl sites for hydroxylation is 1. The molecule has 0 aromatic heterocycles. The number of aliphatic carboxylic acids is 1. The minimum atomic E-state index is -0.720. The van der Waals surface area contributed by atoms with Crippen molar-refractivity contribution in [3.63, 3.8) is 0 Å². The highest BCUT2D eigenvalue weighted by molar-refractivity contribution is 5.66. The molecule has 0 aliphatic heterocycles. The second-order valence-corrected chi connectivity index (χ2v) is 6.40. The molecule has 0 atom stereocenters. The van der Waals surface area contributed by atoms with Crippen LogP contribution in [0.4, 0.5) is 5.69 Å². The number of nitrogens with one attached hydrogen (secondary N) is 1. The van der Waals surface area contributed by atoms with E-state index in [9.17, 15) is 4.79 Å². The number of hydrogen-bond donors (Lipinski definition) is 2. The number of anilines is 1. The van der Waals surface area contributed by atoms with Crippen LogP contribution in [0.1, 0.15) is 56.9 Å². The fourth-order valence-electron chi connectivity index (χ4n) is 3.39. The van der Waals surface area contributed by atoms with Gasteiger partial charge in [0.05, 0.1) is 0 Å².